The van der Waals surface area contributed by atoms with Crippen molar-refractivity contribution in [3.63, 3.8) is 0 Å². The Bertz CT molecular complexity index is 1250. The van der Waals surface area contributed by atoms with Gasteiger partial charge in [-0.25, -0.2) is 8.42 Å². The molecule has 1 heterocycles. The maximum atomic E-state index is 12.8. The summed E-state index contributed by atoms with van der Waals surface area (Å²) in [7, 11) is -3.73. The van der Waals surface area contributed by atoms with Crippen LogP contribution in [-0.2, 0) is 21.2 Å². The minimum atomic E-state index is -3.73. The standard InChI is InChI=1S/C23H20Br2N2O4S/c1-15-12-16-13-18(25)4-11-22(16)27(15)23(28)14-31-20-7-9-21(10-8-20)32(29,30)26-19-5-2-17(24)3-6-19/h2-11,13,15,26H,12,14H2,1H3/t15-/m1/s1. The van der Waals surface area contributed by atoms with Crippen molar-refractivity contribution >= 4 is 59.2 Å². The zero-order valence-electron chi connectivity index (χ0n) is 17.1. The van der Waals surface area contributed by atoms with Gasteiger partial charge in [0.1, 0.15) is 5.75 Å². The lowest BCUT2D eigenvalue weighted by atomic mass is 10.1. The van der Waals surface area contributed by atoms with Crippen LogP contribution >= 0.6 is 31.9 Å². The summed E-state index contributed by atoms with van der Waals surface area (Å²) in [5.41, 5.74) is 2.48. The number of fused-ring (bicyclic) bond motifs is 1. The molecular formula is C23H20Br2N2O4S. The Morgan fingerprint density at radius 1 is 1.03 bits per heavy atom. The molecule has 32 heavy (non-hydrogen) atoms. The highest BCUT2D eigenvalue weighted by atomic mass is 79.9. The molecule has 0 aromatic heterocycles. The molecule has 0 bridgehead atoms. The Labute approximate surface area is 203 Å². The molecule has 0 radical (unpaired) electrons. The zero-order chi connectivity index (χ0) is 22.9. The fourth-order valence-electron chi connectivity index (χ4n) is 3.64. The van der Waals surface area contributed by atoms with E-state index in [0.29, 0.717) is 11.4 Å². The van der Waals surface area contributed by atoms with Crippen LogP contribution in [0.2, 0.25) is 0 Å². The summed E-state index contributed by atoms with van der Waals surface area (Å²) < 4.78 is 35.2. The molecule has 4 rings (SSSR count). The van der Waals surface area contributed by atoms with Crippen LogP contribution in [0, 0.1) is 0 Å². The summed E-state index contributed by atoms with van der Waals surface area (Å²) in [5, 5.41) is 0. The minimum absolute atomic E-state index is 0.0487. The third-order valence-electron chi connectivity index (χ3n) is 5.12. The molecule has 0 saturated heterocycles. The Hall–Kier alpha value is -2.36. The molecule has 0 aliphatic carbocycles. The van der Waals surface area contributed by atoms with E-state index in [4.69, 9.17) is 4.74 Å². The summed E-state index contributed by atoms with van der Waals surface area (Å²) in [6.45, 7) is 1.87. The first kappa shape index (κ1) is 22.8. The molecular weight excluding hydrogens is 560 g/mol. The molecule has 1 amide bonds. The van der Waals surface area contributed by atoms with Gasteiger partial charge in [0.15, 0.2) is 6.61 Å². The molecule has 1 atom stereocenters. The number of hydrogen-bond acceptors (Lipinski definition) is 4. The van der Waals surface area contributed by atoms with Gasteiger partial charge in [-0.2, -0.15) is 0 Å². The van der Waals surface area contributed by atoms with E-state index >= 15 is 0 Å². The number of rotatable bonds is 6. The smallest absolute Gasteiger partial charge is 0.265 e. The molecule has 9 heteroatoms. The van der Waals surface area contributed by atoms with E-state index < -0.39 is 10.0 Å². The van der Waals surface area contributed by atoms with E-state index in [-0.39, 0.29) is 23.5 Å². The van der Waals surface area contributed by atoms with Gasteiger partial charge in [-0.1, -0.05) is 31.9 Å². The SMILES string of the molecule is C[C@@H]1Cc2cc(Br)ccc2N1C(=O)COc1ccc(S(=O)(=O)Nc2ccc(Br)cc2)cc1. The topological polar surface area (TPSA) is 75.7 Å². The average Bonchev–Trinajstić information content (AvgIpc) is 3.08. The second-order valence-electron chi connectivity index (χ2n) is 7.46. The number of halogens is 2. The van der Waals surface area contributed by atoms with Crippen molar-refractivity contribution in [1.29, 1.82) is 0 Å². The van der Waals surface area contributed by atoms with Crippen LogP contribution in [0.3, 0.4) is 0 Å². The number of hydrogen-bond donors (Lipinski definition) is 1. The van der Waals surface area contributed by atoms with Crippen LogP contribution in [0.4, 0.5) is 11.4 Å². The summed E-state index contributed by atoms with van der Waals surface area (Å²) in [6.07, 6.45) is 0.790. The molecule has 0 unspecified atom stereocenters. The van der Waals surface area contributed by atoms with Crippen LogP contribution < -0.4 is 14.4 Å². The fourth-order valence-corrected chi connectivity index (χ4v) is 5.37. The maximum Gasteiger partial charge on any atom is 0.265 e. The molecule has 0 saturated carbocycles. The molecule has 1 aliphatic rings. The van der Waals surface area contributed by atoms with Gasteiger partial charge >= 0.3 is 0 Å². The number of anilines is 2. The van der Waals surface area contributed by atoms with Crippen molar-refractivity contribution in [3.8, 4) is 5.75 Å². The zero-order valence-corrected chi connectivity index (χ0v) is 21.1. The highest BCUT2D eigenvalue weighted by molar-refractivity contribution is 9.10. The Morgan fingerprint density at radius 3 is 2.38 bits per heavy atom. The number of amides is 1. The second-order valence-corrected chi connectivity index (χ2v) is 11.0. The molecule has 0 spiro atoms. The van der Waals surface area contributed by atoms with Crippen LogP contribution in [0.5, 0.6) is 5.75 Å². The fraction of sp³-hybridized carbons (Fsp3) is 0.174. The Balaban J connectivity index is 1.40. The maximum absolute atomic E-state index is 12.8. The van der Waals surface area contributed by atoms with Crippen molar-refractivity contribution in [2.24, 2.45) is 0 Å². The highest BCUT2D eigenvalue weighted by Crippen LogP contribution is 2.34. The van der Waals surface area contributed by atoms with Crippen molar-refractivity contribution < 1.29 is 17.9 Å². The molecule has 3 aromatic rings. The van der Waals surface area contributed by atoms with Gasteiger partial charge in [-0.3, -0.25) is 9.52 Å². The van der Waals surface area contributed by atoms with E-state index in [1.165, 1.54) is 12.1 Å². The lowest BCUT2D eigenvalue weighted by molar-refractivity contribution is -0.120. The lowest BCUT2D eigenvalue weighted by Crippen LogP contribution is -2.39. The van der Waals surface area contributed by atoms with Crippen molar-refractivity contribution in [2.75, 3.05) is 16.2 Å². The van der Waals surface area contributed by atoms with E-state index in [2.05, 4.69) is 36.6 Å². The third-order valence-corrected chi connectivity index (χ3v) is 7.54. The predicted molar refractivity (Wildman–Crippen MR) is 132 cm³/mol. The largest absolute Gasteiger partial charge is 0.484 e. The van der Waals surface area contributed by atoms with Gasteiger partial charge in [0.25, 0.3) is 15.9 Å². The molecule has 1 N–H and O–H groups in total. The van der Waals surface area contributed by atoms with E-state index in [0.717, 1.165) is 26.6 Å². The monoisotopic (exact) mass is 578 g/mol. The molecule has 0 fully saturated rings. The quantitative estimate of drug-likeness (QED) is 0.426. The van der Waals surface area contributed by atoms with Gasteiger partial charge < -0.3 is 9.64 Å². The second kappa shape index (κ2) is 9.25. The summed E-state index contributed by atoms with van der Waals surface area (Å²) >= 11 is 6.79. The van der Waals surface area contributed by atoms with Crippen molar-refractivity contribution in [1.82, 2.24) is 0 Å². The third kappa shape index (κ3) is 5.00. The first-order chi connectivity index (χ1) is 15.2. The number of nitrogens with one attached hydrogen (secondary N) is 1. The molecule has 6 nitrogen and oxygen atoms in total. The van der Waals surface area contributed by atoms with Gasteiger partial charge in [0.05, 0.1) is 4.90 Å². The summed E-state index contributed by atoms with van der Waals surface area (Å²) in [5.74, 6) is 0.274. The summed E-state index contributed by atoms with van der Waals surface area (Å²) in [6, 6.07) is 18.8. The number of carbonyl (C=O) groups excluding carboxylic acids is 1. The number of sulfonamides is 1. The van der Waals surface area contributed by atoms with Crippen LogP contribution in [0.25, 0.3) is 0 Å². The molecule has 1 aliphatic heterocycles. The highest BCUT2D eigenvalue weighted by Gasteiger charge is 2.31. The van der Waals surface area contributed by atoms with E-state index in [1.807, 2.05) is 25.1 Å². The first-order valence-electron chi connectivity index (χ1n) is 9.85. The van der Waals surface area contributed by atoms with Crippen molar-refractivity contribution in [3.05, 3.63) is 81.2 Å². The number of benzene rings is 3. The van der Waals surface area contributed by atoms with Crippen LogP contribution in [0.15, 0.2) is 80.6 Å². The Morgan fingerprint density at radius 2 is 1.69 bits per heavy atom. The number of carbonyl (C=O) groups is 1. The lowest BCUT2D eigenvalue weighted by Gasteiger charge is -2.22. The van der Waals surface area contributed by atoms with Crippen LogP contribution in [-0.4, -0.2) is 27.0 Å². The average molecular weight is 580 g/mol. The van der Waals surface area contributed by atoms with Gasteiger partial charge in [0, 0.05) is 26.4 Å². The molecule has 166 valence electrons. The van der Waals surface area contributed by atoms with Crippen molar-refractivity contribution in [2.45, 2.75) is 24.3 Å². The molecule has 3 aromatic carbocycles. The first-order valence-corrected chi connectivity index (χ1v) is 12.9. The van der Waals surface area contributed by atoms with E-state index in [9.17, 15) is 13.2 Å². The number of nitrogens with zero attached hydrogens (tertiary/aromatic N) is 1. The number of ether oxygens (including phenoxy) is 1. The van der Waals surface area contributed by atoms with Gasteiger partial charge in [-0.05, 0) is 85.6 Å². The predicted octanol–water partition coefficient (Wildman–Crippen LogP) is 5.37. The van der Waals surface area contributed by atoms with E-state index in [1.54, 1.807) is 41.3 Å². The Kier molecular flexibility index (Phi) is 6.60. The van der Waals surface area contributed by atoms with Crippen LogP contribution in [0.1, 0.15) is 12.5 Å². The minimum Gasteiger partial charge on any atom is -0.484 e. The summed E-state index contributed by atoms with van der Waals surface area (Å²) in [4.78, 5) is 14.7. The van der Waals surface area contributed by atoms with Gasteiger partial charge in [-0.15, -0.1) is 0 Å². The normalized spacial score (nSPS) is 15.3. The van der Waals surface area contributed by atoms with Gasteiger partial charge in [0.2, 0.25) is 0 Å².